The Morgan fingerprint density at radius 3 is 2.76 bits per heavy atom. The van der Waals surface area contributed by atoms with Crippen LogP contribution in [0.2, 0.25) is 0 Å². The Balaban J connectivity index is 2.46. The van der Waals surface area contributed by atoms with Crippen LogP contribution in [-0.4, -0.2) is 13.7 Å². The summed E-state index contributed by atoms with van der Waals surface area (Å²) in [5.74, 6) is 1.41. The third-order valence-corrected chi connectivity index (χ3v) is 3.15. The van der Waals surface area contributed by atoms with Crippen LogP contribution in [0, 0.1) is 5.92 Å². The van der Waals surface area contributed by atoms with Gasteiger partial charge in [0.15, 0.2) is 0 Å². The highest BCUT2D eigenvalue weighted by molar-refractivity contribution is 5.87. The minimum atomic E-state index is 0.506. The van der Waals surface area contributed by atoms with Crippen molar-refractivity contribution in [1.29, 1.82) is 0 Å². The summed E-state index contributed by atoms with van der Waals surface area (Å²) >= 11 is 0. The highest BCUT2D eigenvalue weighted by atomic mass is 16.5. The van der Waals surface area contributed by atoms with E-state index >= 15 is 0 Å². The fourth-order valence-corrected chi connectivity index (χ4v) is 2.08. The number of rotatable bonds is 4. The first-order valence-electron chi connectivity index (χ1n) is 6.00. The number of fused-ring (bicyclic) bond motifs is 1. The third-order valence-electron chi connectivity index (χ3n) is 3.15. The van der Waals surface area contributed by atoms with Crippen LogP contribution < -0.4 is 10.5 Å². The molecule has 0 aromatic heterocycles. The van der Waals surface area contributed by atoms with E-state index in [0.29, 0.717) is 5.92 Å². The second kappa shape index (κ2) is 5.19. The molecule has 0 heterocycles. The van der Waals surface area contributed by atoms with Gasteiger partial charge in [-0.3, -0.25) is 0 Å². The molecule has 0 fully saturated rings. The van der Waals surface area contributed by atoms with Crippen LogP contribution in [0.15, 0.2) is 36.4 Å². The van der Waals surface area contributed by atoms with E-state index in [-0.39, 0.29) is 0 Å². The summed E-state index contributed by atoms with van der Waals surface area (Å²) in [5.41, 5.74) is 7.04. The predicted molar refractivity (Wildman–Crippen MR) is 72.4 cm³/mol. The molecule has 2 nitrogen and oxygen atoms in total. The normalized spacial score (nSPS) is 12.6. The van der Waals surface area contributed by atoms with Crippen LogP contribution >= 0.6 is 0 Å². The van der Waals surface area contributed by atoms with Gasteiger partial charge in [0.2, 0.25) is 0 Å². The highest BCUT2D eigenvalue weighted by Gasteiger charge is 2.06. The fourth-order valence-electron chi connectivity index (χ4n) is 2.08. The lowest BCUT2D eigenvalue weighted by molar-refractivity contribution is 0.415. The number of hydrogen-bond acceptors (Lipinski definition) is 2. The van der Waals surface area contributed by atoms with Gasteiger partial charge in [-0.1, -0.05) is 31.2 Å². The second-order valence-corrected chi connectivity index (χ2v) is 4.55. The van der Waals surface area contributed by atoms with Crippen molar-refractivity contribution < 1.29 is 4.74 Å². The summed E-state index contributed by atoms with van der Waals surface area (Å²) in [6.07, 6.45) is 1.01. The molecule has 1 atom stereocenters. The summed E-state index contributed by atoms with van der Waals surface area (Å²) in [6.45, 7) is 2.90. The molecule has 0 aliphatic heterocycles. The monoisotopic (exact) mass is 229 g/mol. The largest absolute Gasteiger partial charge is 0.497 e. The van der Waals surface area contributed by atoms with E-state index in [4.69, 9.17) is 10.5 Å². The van der Waals surface area contributed by atoms with Crippen LogP contribution in [-0.2, 0) is 6.42 Å². The van der Waals surface area contributed by atoms with Crippen molar-refractivity contribution in [3.8, 4) is 5.75 Å². The molecular formula is C15H19NO. The van der Waals surface area contributed by atoms with Gasteiger partial charge < -0.3 is 10.5 Å². The Hall–Kier alpha value is -1.54. The van der Waals surface area contributed by atoms with Gasteiger partial charge in [0.25, 0.3) is 0 Å². The first-order valence-corrected chi connectivity index (χ1v) is 6.00. The maximum atomic E-state index is 5.70. The average molecular weight is 229 g/mol. The molecule has 0 spiro atoms. The molecule has 0 bridgehead atoms. The highest BCUT2D eigenvalue weighted by Crippen LogP contribution is 2.25. The van der Waals surface area contributed by atoms with Crippen LogP contribution in [0.5, 0.6) is 5.75 Å². The first-order chi connectivity index (χ1) is 8.24. The number of nitrogens with two attached hydrogens (primary N) is 1. The van der Waals surface area contributed by atoms with Gasteiger partial charge in [-0.15, -0.1) is 0 Å². The van der Waals surface area contributed by atoms with Crippen molar-refractivity contribution in [1.82, 2.24) is 0 Å². The zero-order chi connectivity index (χ0) is 12.3. The van der Waals surface area contributed by atoms with Gasteiger partial charge >= 0.3 is 0 Å². The Labute approximate surface area is 102 Å². The number of ether oxygens (including phenoxy) is 1. The van der Waals surface area contributed by atoms with E-state index in [0.717, 1.165) is 18.7 Å². The quantitative estimate of drug-likeness (QED) is 0.874. The maximum Gasteiger partial charge on any atom is 0.119 e. The van der Waals surface area contributed by atoms with Crippen molar-refractivity contribution in [3.63, 3.8) is 0 Å². The van der Waals surface area contributed by atoms with E-state index in [1.54, 1.807) is 7.11 Å². The van der Waals surface area contributed by atoms with Gasteiger partial charge in [0.1, 0.15) is 5.75 Å². The number of benzene rings is 2. The summed E-state index contributed by atoms with van der Waals surface area (Å²) in [5, 5.41) is 2.53. The zero-order valence-corrected chi connectivity index (χ0v) is 10.4. The molecule has 1 unspecified atom stereocenters. The lowest BCUT2D eigenvalue weighted by Crippen LogP contribution is -2.13. The standard InChI is InChI=1S/C15H19NO/c1-11(10-16)8-13-5-3-4-12-6-7-14(17-2)9-15(12)13/h3-7,9,11H,8,10,16H2,1-2H3. The molecule has 0 amide bonds. The summed E-state index contributed by atoms with van der Waals surface area (Å²) in [4.78, 5) is 0. The van der Waals surface area contributed by atoms with Crippen molar-refractivity contribution >= 4 is 10.8 Å². The molecular weight excluding hydrogens is 210 g/mol. The van der Waals surface area contributed by atoms with Crippen LogP contribution in [0.25, 0.3) is 10.8 Å². The molecule has 90 valence electrons. The molecule has 0 radical (unpaired) electrons. The predicted octanol–water partition coefficient (Wildman–Crippen LogP) is 2.99. The number of methoxy groups -OCH3 is 1. The van der Waals surface area contributed by atoms with E-state index in [1.807, 2.05) is 6.07 Å². The average Bonchev–Trinajstić information content (AvgIpc) is 2.38. The zero-order valence-electron chi connectivity index (χ0n) is 10.4. The van der Waals surface area contributed by atoms with Crippen molar-refractivity contribution in [2.24, 2.45) is 11.7 Å². The minimum absolute atomic E-state index is 0.506. The van der Waals surface area contributed by atoms with E-state index < -0.39 is 0 Å². The van der Waals surface area contributed by atoms with Gasteiger partial charge in [0, 0.05) is 0 Å². The van der Waals surface area contributed by atoms with Crippen molar-refractivity contribution in [2.45, 2.75) is 13.3 Å². The lowest BCUT2D eigenvalue weighted by atomic mass is 9.96. The Bertz CT molecular complexity index is 507. The molecule has 2 rings (SSSR count). The van der Waals surface area contributed by atoms with Gasteiger partial charge in [-0.25, -0.2) is 0 Å². The summed E-state index contributed by atoms with van der Waals surface area (Å²) < 4.78 is 5.28. The smallest absolute Gasteiger partial charge is 0.119 e. The molecule has 2 aromatic carbocycles. The third kappa shape index (κ3) is 2.59. The minimum Gasteiger partial charge on any atom is -0.497 e. The molecule has 2 aromatic rings. The second-order valence-electron chi connectivity index (χ2n) is 4.55. The fraction of sp³-hybridized carbons (Fsp3) is 0.333. The van der Waals surface area contributed by atoms with Crippen molar-refractivity contribution in [3.05, 3.63) is 42.0 Å². The Morgan fingerprint density at radius 1 is 1.24 bits per heavy atom. The summed E-state index contributed by atoms with van der Waals surface area (Å²) in [7, 11) is 1.70. The van der Waals surface area contributed by atoms with Crippen LogP contribution in [0.1, 0.15) is 12.5 Å². The van der Waals surface area contributed by atoms with E-state index in [2.05, 4.69) is 37.3 Å². The van der Waals surface area contributed by atoms with E-state index in [9.17, 15) is 0 Å². The van der Waals surface area contributed by atoms with Gasteiger partial charge in [-0.05, 0) is 47.4 Å². The van der Waals surface area contributed by atoms with Crippen LogP contribution in [0.4, 0.5) is 0 Å². The molecule has 2 N–H and O–H groups in total. The molecule has 0 saturated carbocycles. The molecule has 2 heteroatoms. The van der Waals surface area contributed by atoms with E-state index in [1.165, 1.54) is 16.3 Å². The SMILES string of the molecule is COc1ccc2cccc(CC(C)CN)c2c1. The first kappa shape index (κ1) is 11.9. The Morgan fingerprint density at radius 2 is 2.06 bits per heavy atom. The molecule has 0 aliphatic carbocycles. The molecule has 0 saturated heterocycles. The molecule has 0 aliphatic rings. The Kier molecular flexibility index (Phi) is 3.64. The van der Waals surface area contributed by atoms with Gasteiger partial charge in [-0.2, -0.15) is 0 Å². The van der Waals surface area contributed by atoms with Crippen LogP contribution in [0.3, 0.4) is 0 Å². The lowest BCUT2D eigenvalue weighted by Gasteiger charge is -2.12. The van der Waals surface area contributed by atoms with Gasteiger partial charge in [0.05, 0.1) is 7.11 Å². The summed E-state index contributed by atoms with van der Waals surface area (Å²) in [6, 6.07) is 12.6. The number of hydrogen-bond donors (Lipinski definition) is 1. The molecule has 17 heavy (non-hydrogen) atoms. The van der Waals surface area contributed by atoms with Crippen molar-refractivity contribution in [2.75, 3.05) is 13.7 Å². The topological polar surface area (TPSA) is 35.2 Å². The maximum absolute atomic E-state index is 5.70.